The molecule has 0 unspecified atom stereocenters. The van der Waals surface area contributed by atoms with E-state index in [0.717, 1.165) is 19.0 Å². The van der Waals surface area contributed by atoms with E-state index in [2.05, 4.69) is 9.55 Å². The molecule has 10 heavy (non-hydrogen) atoms. The first-order chi connectivity index (χ1) is 4.88. The van der Waals surface area contributed by atoms with Gasteiger partial charge < -0.3 is 9.30 Å². The smallest absolute Gasteiger partial charge is 0.105 e. The summed E-state index contributed by atoms with van der Waals surface area (Å²) in [6.07, 6.45) is 3.83. The maximum atomic E-state index is 5.07. The van der Waals surface area contributed by atoms with Gasteiger partial charge in [-0.1, -0.05) is 0 Å². The van der Waals surface area contributed by atoms with Crippen molar-refractivity contribution in [1.82, 2.24) is 9.55 Å². The fourth-order valence-electron chi connectivity index (χ4n) is 1.16. The van der Waals surface area contributed by atoms with E-state index >= 15 is 0 Å². The Morgan fingerprint density at radius 1 is 1.70 bits per heavy atom. The second kappa shape index (κ2) is 2.09. The zero-order chi connectivity index (χ0) is 6.97. The van der Waals surface area contributed by atoms with E-state index in [0.29, 0.717) is 6.04 Å². The predicted octanol–water partition coefficient (Wildman–Crippen LogP) is 0.763. The highest BCUT2D eigenvalue weighted by molar-refractivity contribution is 4.93. The van der Waals surface area contributed by atoms with Crippen LogP contribution in [-0.4, -0.2) is 22.8 Å². The van der Waals surface area contributed by atoms with E-state index in [1.54, 1.807) is 0 Å². The largest absolute Gasteiger partial charge is 0.377 e. The summed E-state index contributed by atoms with van der Waals surface area (Å²) in [7, 11) is 0. The topological polar surface area (TPSA) is 27.1 Å². The summed E-state index contributed by atoms with van der Waals surface area (Å²) in [5.74, 6) is 1.08. The number of rotatable bonds is 1. The van der Waals surface area contributed by atoms with E-state index in [-0.39, 0.29) is 0 Å². The van der Waals surface area contributed by atoms with E-state index in [9.17, 15) is 0 Å². The Kier molecular flexibility index (Phi) is 1.24. The Morgan fingerprint density at radius 3 is 2.90 bits per heavy atom. The first-order valence-corrected chi connectivity index (χ1v) is 3.45. The van der Waals surface area contributed by atoms with E-state index in [1.807, 2.05) is 19.3 Å². The lowest BCUT2D eigenvalue weighted by molar-refractivity contribution is -0.0241. The van der Waals surface area contributed by atoms with Crippen LogP contribution in [-0.2, 0) is 4.74 Å². The van der Waals surface area contributed by atoms with Crippen molar-refractivity contribution in [2.24, 2.45) is 0 Å². The number of hydrogen-bond donors (Lipinski definition) is 0. The highest BCUT2D eigenvalue weighted by Crippen LogP contribution is 2.17. The van der Waals surface area contributed by atoms with Gasteiger partial charge in [-0.25, -0.2) is 4.98 Å². The molecule has 3 nitrogen and oxygen atoms in total. The van der Waals surface area contributed by atoms with Gasteiger partial charge in [-0.2, -0.15) is 0 Å². The van der Waals surface area contributed by atoms with Gasteiger partial charge in [0.2, 0.25) is 0 Å². The molecule has 3 heteroatoms. The second-order valence-corrected chi connectivity index (χ2v) is 2.57. The van der Waals surface area contributed by atoms with Gasteiger partial charge in [0, 0.05) is 12.4 Å². The lowest BCUT2D eigenvalue weighted by atomic mass is 10.2. The molecule has 2 heterocycles. The summed E-state index contributed by atoms with van der Waals surface area (Å²) >= 11 is 0. The lowest BCUT2D eigenvalue weighted by Crippen LogP contribution is -2.30. The van der Waals surface area contributed by atoms with Crippen LogP contribution in [0, 0.1) is 6.92 Å². The normalized spacial score (nSPS) is 18.9. The van der Waals surface area contributed by atoms with Gasteiger partial charge in [-0.05, 0) is 6.92 Å². The maximum absolute atomic E-state index is 5.07. The molecule has 0 atom stereocenters. The minimum atomic E-state index is 0.544. The van der Waals surface area contributed by atoms with Crippen LogP contribution < -0.4 is 0 Å². The molecule has 0 spiro atoms. The summed E-state index contributed by atoms with van der Waals surface area (Å²) < 4.78 is 7.22. The third-order valence-corrected chi connectivity index (χ3v) is 1.88. The van der Waals surface area contributed by atoms with Gasteiger partial charge in [-0.15, -0.1) is 0 Å². The van der Waals surface area contributed by atoms with E-state index in [1.165, 1.54) is 0 Å². The van der Waals surface area contributed by atoms with Crippen LogP contribution in [0.2, 0.25) is 0 Å². The molecule has 0 aromatic carbocycles. The average molecular weight is 138 g/mol. The maximum Gasteiger partial charge on any atom is 0.105 e. The number of imidazole rings is 1. The van der Waals surface area contributed by atoms with Crippen LogP contribution in [0.4, 0.5) is 0 Å². The Bertz CT molecular complexity index is 227. The Balaban J connectivity index is 2.23. The monoisotopic (exact) mass is 138 g/mol. The standard InChI is InChI=1S/C7H10N2O/c1-6-8-2-3-9(6)7-4-10-5-7/h2-3,7H,4-5H2,1H3. The molecule has 0 saturated carbocycles. The number of nitrogens with zero attached hydrogens (tertiary/aromatic N) is 2. The van der Waals surface area contributed by atoms with Crippen LogP contribution in [0.3, 0.4) is 0 Å². The molecule has 0 amide bonds. The first-order valence-electron chi connectivity index (χ1n) is 3.45. The van der Waals surface area contributed by atoms with Gasteiger partial charge in [0.1, 0.15) is 5.82 Å². The third-order valence-electron chi connectivity index (χ3n) is 1.88. The first kappa shape index (κ1) is 5.92. The number of hydrogen-bond acceptors (Lipinski definition) is 2. The Morgan fingerprint density at radius 2 is 2.50 bits per heavy atom. The quantitative estimate of drug-likeness (QED) is 0.573. The lowest BCUT2D eigenvalue weighted by Gasteiger charge is -2.27. The molecule has 1 aliphatic heterocycles. The second-order valence-electron chi connectivity index (χ2n) is 2.57. The molecule has 1 aliphatic rings. The molecule has 54 valence electrons. The molecule has 1 saturated heterocycles. The summed E-state index contributed by atoms with van der Waals surface area (Å²) in [6.45, 7) is 3.70. The fourth-order valence-corrected chi connectivity index (χ4v) is 1.16. The van der Waals surface area contributed by atoms with Crippen LogP contribution in [0.15, 0.2) is 12.4 Å². The van der Waals surface area contributed by atoms with Crippen LogP contribution in [0.5, 0.6) is 0 Å². The third kappa shape index (κ3) is 0.743. The zero-order valence-electron chi connectivity index (χ0n) is 5.95. The van der Waals surface area contributed by atoms with Crippen molar-refractivity contribution in [1.29, 1.82) is 0 Å². The van der Waals surface area contributed by atoms with Crippen molar-refractivity contribution in [2.45, 2.75) is 13.0 Å². The van der Waals surface area contributed by atoms with Gasteiger partial charge in [0.15, 0.2) is 0 Å². The minimum Gasteiger partial charge on any atom is -0.377 e. The van der Waals surface area contributed by atoms with Gasteiger partial charge >= 0.3 is 0 Å². The summed E-state index contributed by atoms with van der Waals surface area (Å²) in [6, 6.07) is 0.544. The number of aromatic nitrogens is 2. The van der Waals surface area contributed by atoms with Crippen molar-refractivity contribution < 1.29 is 4.74 Å². The Hall–Kier alpha value is -0.830. The van der Waals surface area contributed by atoms with Gasteiger partial charge in [-0.3, -0.25) is 0 Å². The van der Waals surface area contributed by atoms with Crippen molar-refractivity contribution in [2.75, 3.05) is 13.2 Å². The summed E-state index contributed by atoms with van der Waals surface area (Å²) in [5, 5.41) is 0. The molecule has 0 N–H and O–H groups in total. The predicted molar refractivity (Wildman–Crippen MR) is 36.8 cm³/mol. The minimum absolute atomic E-state index is 0.544. The highest BCUT2D eigenvalue weighted by atomic mass is 16.5. The summed E-state index contributed by atoms with van der Waals surface area (Å²) in [5.41, 5.74) is 0. The summed E-state index contributed by atoms with van der Waals surface area (Å²) in [4.78, 5) is 4.13. The van der Waals surface area contributed by atoms with Crippen LogP contribution >= 0.6 is 0 Å². The van der Waals surface area contributed by atoms with Gasteiger partial charge in [0.05, 0.1) is 19.3 Å². The van der Waals surface area contributed by atoms with Crippen LogP contribution in [0.25, 0.3) is 0 Å². The van der Waals surface area contributed by atoms with E-state index in [4.69, 9.17) is 4.74 Å². The Labute approximate surface area is 59.6 Å². The van der Waals surface area contributed by atoms with Crippen LogP contribution in [0.1, 0.15) is 11.9 Å². The SMILES string of the molecule is Cc1nccn1C1COC1. The molecule has 0 aliphatic carbocycles. The molecular formula is C7H10N2O. The van der Waals surface area contributed by atoms with Crippen molar-refractivity contribution in [3.05, 3.63) is 18.2 Å². The van der Waals surface area contributed by atoms with Gasteiger partial charge in [0.25, 0.3) is 0 Å². The molecule has 0 radical (unpaired) electrons. The average Bonchev–Trinajstić information content (AvgIpc) is 2.12. The number of ether oxygens (including phenoxy) is 1. The highest BCUT2D eigenvalue weighted by Gasteiger charge is 2.20. The van der Waals surface area contributed by atoms with Crippen molar-refractivity contribution >= 4 is 0 Å². The molecule has 1 aromatic rings. The number of aryl methyl sites for hydroxylation is 1. The molecule has 0 bridgehead atoms. The molecule has 1 aromatic heterocycles. The fraction of sp³-hybridized carbons (Fsp3) is 0.571. The molecule has 1 fully saturated rings. The van der Waals surface area contributed by atoms with E-state index < -0.39 is 0 Å². The van der Waals surface area contributed by atoms with Crippen molar-refractivity contribution in [3.63, 3.8) is 0 Å². The zero-order valence-corrected chi connectivity index (χ0v) is 5.95. The molecule has 2 rings (SSSR count). The van der Waals surface area contributed by atoms with Crippen molar-refractivity contribution in [3.8, 4) is 0 Å². The molecular weight excluding hydrogens is 128 g/mol.